The van der Waals surface area contributed by atoms with Crippen LogP contribution in [0, 0.1) is 11.8 Å². The molecule has 13 N–H and O–H groups in total. The summed E-state index contributed by atoms with van der Waals surface area (Å²) in [6.45, 7) is 11.1. The van der Waals surface area contributed by atoms with Crippen LogP contribution in [-0.2, 0) is 49.3 Å². The molecule has 0 fully saturated rings. The lowest BCUT2D eigenvalue weighted by atomic mass is 10.0. The molecule has 0 aliphatic heterocycles. The highest BCUT2D eigenvalue weighted by atomic mass is 31.2. The number of phosphoric ester groups is 1. The zero-order chi connectivity index (χ0) is 43.1. The van der Waals surface area contributed by atoms with E-state index in [0.29, 0.717) is 5.56 Å². The monoisotopic (exact) mass is 814 g/mol. The Morgan fingerprint density at radius 3 is 1.54 bits per heavy atom. The molecule has 0 heterocycles. The Morgan fingerprint density at radius 1 is 0.625 bits per heavy atom. The van der Waals surface area contributed by atoms with E-state index < -0.39 is 104 Å². The summed E-state index contributed by atoms with van der Waals surface area (Å²) >= 11 is 0. The minimum atomic E-state index is -4.89. The molecule has 0 radical (unpaired) electrons. The van der Waals surface area contributed by atoms with Crippen LogP contribution in [0.4, 0.5) is 0 Å². The molecule has 0 aromatic heterocycles. The van der Waals surface area contributed by atoms with Crippen LogP contribution in [-0.4, -0.2) is 105 Å². The van der Waals surface area contributed by atoms with E-state index in [9.17, 15) is 42.9 Å². The molecule has 0 aliphatic rings. The second-order valence-corrected chi connectivity index (χ2v) is 15.3. The van der Waals surface area contributed by atoms with Crippen LogP contribution in [0.3, 0.4) is 0 Å². The minimum Gasteiger partial charge on any atom is -0.480 e. The van der Waals surface area contributed by atoms with Crippen molar-refractivity contribution in [1.29, 1.82) is 0 Å². The summed E-state index contributed by atoms with van der Waals surface area (Å²) in [6.07, 6.45) is -0.543. The van der Waals surface area contributed by atoms with Gasteiger partial charge in [-0.2, -0.15) is 0 Å². The first kappa shape index (κ1) is 48.9. The maximum atomic E-state index is 13.6. The van der Waals surface area contributed by atoms with Gasteiger partial charge in [-0.05, 0) is 63.1 Å². The van der Waals surface area contributed by atoms with E-state index >= 15 is 0 Å². The Labute approximate surface area is 324 Å². The Morgan fingerprint density at radius 2 is 1.05 bits per heavy atom. The number of nitrogens with one attached hydrogen (secondary N) is 6. The van der Waals surface area contributed by atoms with E-state index in [0.717, 1.165) is 0 Å². The molecule has 1 aromatic rings. The first-order valence-electron chi connectivity index (χ1n) is 17.7. The van der Waals surface area contributed by atoms with Crippen LogP contribution in [0.2, 0.25) is 0 Å². The van der Waals surface area contributed by atoms with Gasteiger partial charge < -0.3 is 53.0 Å². The molecule has 1 rings (SSSR count). The number of hydrogen-bond donors (Lipinski definition) is 11. The number of carboxylic acids is 1. The van der Waals surface area contributed by atoms with Gasteiger partial charge in [-0.25, -0.2) is 4.57 Å². The van der Waals surface area contributed by atoms with Crippen molar-refractivity contribution in [3.63, 3.8) is 0 Å². The van der Waals surface area contributed by atoms with Crippen LogP contribution in [0.15, 0.2) is 24.3 Å². The van der Waals surface area contributed by atoms with Crippen LogP contribution < -0.4 is 47.9 Å². The number of primary amides is 1. The number of nitrogens with two attached hydrogens (primary N) is 2. The molecule has 0 spiro atoms. The highest BCUT2D eigenvalue weighted by molar-refractivity contribution is 7.46. The van der Waals surface area contributed by atoms with Crippen molar-refractivity contribution in [1.82, 2.24) is 31.9 Å². The van der Waals surface area contributed by atoms with Gasteiger partial charge >= 0.3 is 13.8 Å². The van der Waals surface area contributed by atoms with E-state index in [4.69, 9.17) is 26.4 Å². The Kier molecular flexibility index (Phi) is 19.6. The zero-order valence-electron chi connectivity index (χ0n) is 32.4. The van der Waals surface area contributed by atoms with E-state index in [2.05, 4.69) is 36.4 Å². The first-order valence-corrected chi connectivity index (χ1v) is 19.3. The summed E-state index contributed by atoms with van der Waals surface area (Å²) in [4.78, 5) is 120. The highest BCUT2D eigenvalue weighted by Gasteiger charge is 2.32. The van der Waals surface area contributed by atoms with E-state index in [1.165, 1.54) is 45.0 Å². The third kappa shape index (κ3) is 18.5. The van der Waals surface area contributed by atoms with Crippen molar-refractivity contribution in [2.45, 2.75) is 116 Å². The maximum absolute atomic E-state index is 13.6. The normalized spacial score (nSPS) is 15.1. The van der Waals surface area contributed by atoms with E-state index in [1.807, 2.05) is 13.8 Å². The van der Waals surface area contributed by atoms with Gasteiger partial charge in [0.1, 0.15) is 42.0 Å². The molecule has 0 bridgehead atoms. The molecule has 56 heavy (non-hydrogen) atoms. The van der Waals surface area contributed by atoms with Gasteiger partial charge in [0.05, 0.1) is 12.5 Å². The summed E-state index contributed by atoms with van der Waals surface area (Å²) < 4.78 is 15.8. The van der Waals surface area contributed by atoms with Gasteiger partial charge in [0.15, 0.2) is 0 Å². The standard InChI is InChI=1S/C34H55N8O13P/c1-16(2)12-23(35)30(46)41-26(15-27(36)43)33(49)42-25(14-21-8-10-22(11-9-21)55-56(52,53)54)32(48)38-18(5)28(44)37-19(6)29(45)40-24(13-17(3)4)31(47)39-20(7)34(50)51/h8-11,16-20,23-26H,12-15,35H2,1-7H3,(H2,36,43)(H,37,44)(H,38,48)(H,39,47)(H,40,45)(H,41,46)(H,42,49)(H,50,51)(H2,52,53,54)/t18-,19-,20-,23-,24-,25-,26-/m0/s1. The molecule has 1 aromatic carbocycles. The average molecular weight is 815 g/mol. The van der Waals surface area contributed by atoms with Crippen molar-refractivity contribution in [2.24, 2.45) is 23.3 Å². The van der Waals surface area contributed by atoms with Crippen molar-refractivity contribution < 1.29 is 62.3 Å². The molecule has 0 saturated carbocycles. The lowest BCUT2D eigenvalue weighted by molar-refractivity contribution is -0.142. The Hall–Kier alpha value is -5.11. The van der Waals surface area contributed by atoms with Crippen LogP contribution >= 0.6 is 7.82 Å². The fourth-order valence-electron chi connectivity index (χ4n) is 5.00. The van der Waals surface area contributed by atoms with Crippen LogP contribution in [0.5, 0.6) is 5.75 Å². The van der Waals surface area contributed by atoms with Gasteiger partial charge in [0.2, 0.25) is 41.4 Å². The number of aliphatic carboxylic acids is 1. The second-order valence-electron chi connectivity index (χ2n) is 14.2. The fraction of sp³-hybridized carbons (Fsp3) is 0.588. The highest BCUT2D eigenvalue weighted by Crippen LogP contribution is 2.37. The van der Waals surface area contributed by atoms with E-state index in [1.54, 1.807) is 13.8 Å². The molecule has 0 unspecified atom stereocenters. The van der Waals surface area contributed by atoms with Crippen molar-refractivity contribution in [2.75, 3.05) is 0 Å². The van der Waals surface area contributed by atoms with Gasteiger partial charge in [0.25, 0.3) is 0 Å². The molecular weight excluding hydrogens is 759 g/mol. The SMILES string of the molecule is CC(C)C[C@H](NC(=O)[C@H](C)NC(=O)[C@H](C)NC(=O)[C@H](Cc1ccc(OP(=O)(O)O)cc1)NC(=O)[C@H](CC(N)=O)NC(=O)[C@@H](N)CC(C)C)C(=O)N[C@@H](C)C(=O)O. The molecule has 7 atom stereocenters. The van der Waals surface area contributed by atoms with E-state index in [-0.39, 0.29) is 36.8 Å². The van der Waals surface area contributed by atoms with Crippen molar-refractivity contribution in [3.05, 3.63) is 29.8 Å². The summed E-state index contributed by atoms with van der Waals surface area (Å²) in [5, 5.41) is 23.6. The summed E-state index contributed by atoms with van der Waals surface area (Å²) in [7, 11) is -4.89. The number of benzene rings is 1. The minimum absolute atomic E-state index is 0.0185. The number of carbonyl (C=O) groups is 8. The number of phosphoric acid groups is 1. The van der Waals surface area contributed by atoms with Crippen LogP contribution in [0.1, 0.15) is 73.3 Å². The smallest absolute Gasteiger partial charge is 0.480 e. The number of carbonyl (C=O) groups excluding carboxylic acids is 7. The summed E-state index contributed by atoms with van der Waals surface area (Å²) in [5.41, 5.74) is 11.6. The van der Waals surface area contributed by atoms with Crippen molar-refractivity contribution in [3.8, 4) is 5.75 Å². The Bertz CT molecular complexity index is 1620. The lowest BCUT2D eigenvalue weighted by Gasteiger charge is -2.26. The molecule has 21 nitrogen and oxygen atoms in total. The number of rotatable bonds is 23. The molecule has 7 amide bonds. The molecule has 0 saturated heterocycles. The predicted octanol–water partition coefficient (Wildman–Crippen LogP) is -1.95. The topological polar surface area (TPSA) is 348 Å². The number of hydrogen-bond acceptors (Lipinski definition) is 11. The molecule has 22 heteroatoms. The number of carboxylic acid groups (broad SMARTS) is 1. The van der Waals surface area contributed by atoms with Gasteiger partial charge in [-0.15, -0.1) is 0 Å². The number of amides is 7. The van der Waals surface area contributed by atoms with Crippen LogP contribution in [0.25, 0.3) is 0 Å². The average Bonchev–Trinajstić information content (AvgIpc) is 3.06. The predicted molar refractivity (Wildman–Crippen MR) is 200 cm³/mol. The third-order valence-corrected chi connectivity index (χ3v) is 8.34. The third-order valence-electron chi connectivity index (χ3n) is 7.89. The fourth-order valence-corrected chi connectivity index (χ4v) is 5.40. The van der Waals surface area contributed by atoms with Gasteiger partial charge in [-0.1, -0.05) is 39.8 Å². The maximum Gasteiger partial charge on any atom is 0.524 e. The summed E-state index contributed by atoms with van der Waals surface area (Å²) in [6, 6.07) is -3.94. The zero-order valence-corrected chi connectivity index (χ0v) is 33.3. The molecule has 0 aliphatic carbocycles. The quantitative estimate of drug-likeness (QED) is 0.0535. The molecular formula is C34H55N8O13P. The van der Waals surface area contributed by atoms with Gasteiger partial charge in [-0.3, -0.25) is 48.1 Å². The van der Waals surface area contributed by atoms with Crippen molar-refractivity contribution >= 4 is 55.1 Å². The Balaban J connectivity index is 3.23. The second kappa shape index (κ2) is 22.4. The first-order chi connectivity index (χ1) is 25.8. The largest absolute Gasteiger partial charge is 0.524 e. The summed E-state index contributed by atoms with van der Waals surface area (Å²) in [5.74, 6) is -7.59. The van der Waals surface area contributed by atoms with Gasteiger partial charge in [0, 0.05) is 6.42 Å². The molecule has 314 valence electrons. The lowest BCUT2D eigenvalue weighted by Crippen LogP contribution is -2.59.